The number of hydrogen-bond acceptors (Lipinski definition) is 5. The standard InChI is InChI=1S/C25H29N5O2/c1-6-18-8-9-21(27-20(18)7-2)25(10-12-32-13-11-25)28-24(31)22-17(5)29-30-15-19(16(3)4)14-26-23(22)30/h6-9,14-16H,1-2,10-13H2,3-5H3,(H,28,31). The molecule has 1 fully saturated rings. The zero-order valence-corrected chi connectivity index (χ0v) is 18.9. The number of rotatable bonds is 6. The summed E-state index contributed by atoms with van der Waals surface area (Å²) < 4.78 is 7.30. The van der Waals surface area contributed by atoms with Crippen molar-refractivity contribution >= 4 is 23.7 Å². The predicted molar refractivity (Wildman–Crippen MR) is 125 cm³/mol. The summed E-state index contributed by atoms with van der Waals surface area (Å²) in [5.41, 5.74) is 4.53. The number of amides is 1. The molecule has 0 aromatic carbocycles. The molecule has 7 nitrogen and oxygen atoms in total. The van der Waals surface area contributed by atoms with Crippen molar-refractivity contribution < 1.29 is 9.53 Å². The van der Waals surface area contributed by atoms with E-state index >= 15 is 0 Å². The number of fused-ring (bicyclic) bond motifs is 1. The van der Waals surface area contributed by atoms with Gasteiger partial charge in [0.2, 0.25) is 0 Å². The van der Waals surface area contributed by atoms with Gasteiger partial charge in [-0.25, -0.2) is 9.50 Å². The van der Waals surface area contributed by atoms with Crippen LogP contribution in [-0.4, -0.2) is 38.7 Å². The monoisotopic (exact) mass is 431 g/mol. The second kappa shape index (κ2) is 8.67. The molecule has 4 rings (SSSR count). The Kier molecular flexibility index (Phi) is 5.93. The van der Waals surface area contributed by atoms with Crippen molar-refractivity contribution in [3.05, 3.63) is 71.5 Å². The Morgan fingerprint density at radius 1 is 1.25 bits per heavy atom. The second-order valence-corrected chi connectivity index (χ2v) is 8.50. The molecule has 0 bridgehead atoms. The highest BCUT2D eigenvalue weighted by Gasteiger charge is 2.39. The summed E-state index contributed by atoms with van der Waals surface area (Å²) in [6.07, 6.45) is 8.46. The van der Waals surface area contributed by atoms with Crippen molar-refractivity contribution in [2.45, 2.75) is 45.1 Å². The largest absolute Gasteiger partial charge is 0.381 e. The molecule has 0 aliphatic carbocycles. The van der Waals surface area contributed by atoms with E-state index in [1.807, 2.05) is 31.5 Å². The van der Waals surface area contributed by atoms with Crippen molar-refractivity contribution in [1.29, 1.82) is 0 Å². The van der Waals surface area contributed by atoms with E-state index in [9.17, 15) is 4.79 Å². The summed E-state index contributed by atoms with van der Waals surface area (Å²) in [6, 6.07) is 3.91. The highest BCUT2D eigenvalue weighted by molar-refractivity contribution is 6.01. The van der Waals surface area contributed by atoms with Gasteiger partial charge in [0.25, 0.3) is 5.91 Å². The summed E-state index contributed by atoms with van der Waals surface area (Å²) in [7, 11) is 0. The number of pyridine rings is 1. The molecule has 0 saturated carbocycles. The molecule has 32 heavy (non-hydrogen) atoms. The summed E-state index contributed by atoms with van der Waals surface area (Å²) >= 11 is 0. The van der Waals surface area contributed by atoms with E-state index in [1.54, 1.807) is 16.7 Å². The highest BCUT2D eigenvalue weighted by atomic mass is 16.5. The Hall–Kier alpha value is -3.32. The molecule has 3 aromatic rings. The van der Waals surface area contributed by atoms with Crippen molar-refractivity contribution in [3.63, 3.8) is 0 Å². The molecule has 1 amide bonds. The van der Waals surface area contributed by atoms with Crippen molar-refractivity contribution in [1.82, 2.24) is 24.9 Å². The van der Waals surface area contributed by atoms with Crippen LogP contribution in [0.25, 0.3) is 17.8 Å². The summed E-state index contributed by atoms with van der Waals surface area (Å²) in [4.78, 5) is 22.9. The molecule has 7 heteroatoms. The number of ether oxygens (including phenoxy) is 1. The lowest BCUT2D eigenvalue weighted by molar-refractivity contribution is 0.0330. The van der Waals surface area contributed by atoms with Gasteiger partial charge in [-0.05, 0) is 49.0 Å². The van der Waals surface area contributed by atoms with Crippen LogP contribution in [0.5, 0.6) is 0 Å². The van der Waals surface area contributed by atoms with E-state index in [-0.39, 0.29) is 5.91 Å². The fraction of sp³-hybridized carbons (Fsp3) is 0.360. The van der Waals surface area contributed by atoms with Crippen LogP contribution in [0.1, 0.15) is 71.2 Å². The Bertz CT molecular complexity index is 1190. The molecule has 0 atom stereocenters. The van der Waals surface area contributed by atoms with E-state index in [0.717, 1.165) is 22.5 Å². The van der Waals surface area contributed by atoms with Crippen LogP contribution in [0.3, 0.4) is 0 Å². The first-order chi connectivity index (χ1) is 15.4. The maximum absolute atomic E-state index is 13.6. The molecule has 1 N–H and O–H groups in total. The molecule has 166 valence electrons. The van der Waals surface area contributed by atoms with Crippen LogP contribution in [0.4, 0.5) is 0 Å². The molecular weight excluding hydrogens is 402 g/mol. The first-order valence-corrected chi connectivity index (χ1v) is 10.9. The predicted octanol–water partition coefficient (Wildman–Crippen LogP) is 4.28. The van der Waals surface area contributed by atoms with Crippen LogP contribution in [0.2, 0.25) is 0 Å². The van der Waals surface area contributed by atoms with E-state index in [2.05, 4.69) is 42.4 Å². The van der Waals surface area contributed by atoms with Crippen LogP contribution in [0.15, 0.2) is 37.7 Å². The number of nitrogens with zero attached hydrogens (tertiary/aromatic N) is 4. The zero-order chi connectivity index (χ0) is 22.9. The zero-order valence-electron chi connectivity index (χ0n) is 18.9. The van der Waals surface area contributed by atoms with Gasteiger partial charge in [0.05, 0.1) is 22.6 Å². The Morgan fingerprint density at radius 2 is 2.00 bits per heavy atom. The fourth-order valence-corrected chi connectivity index (χ4v) is 4.16. The Balaban J connectivity index is 1.74. The van der Waals surface area contributed by atoms with E-state index in [0.29, 0.717) is 48.9 Å². The van der Waals surface area contributed by atoms with Gasteiger partial charge in [0, 0.05) is 25.6 Å². The number of aromatic nitrogens is 4. The third-order valence-corrected chi connectivity index (χ3v) is 6.12. The SMILES string of the molecule is C=Cc1ccc(C2(NC(=O)c3c(C)nn4cc(C(C)C)cnc34)CCOCC2)nc1C=C. The minimum atomic E-state index is -0.647. The lowest BCUT2D eigenvalue weighted by Crippen LogP contribution is -2.50. The molecular formula is C25H29N5O2. The second-order valence-electron chi connectivity index (χ2n) is 8.50. The minimum Gasteiger partial charge on any atom is -0.381 e. The summed E-state index contributed by atoms with van der Waals surface area (Å²) in [5.74, 6) is 0.113. The maximum atomic E-state index is 13.6. The van der Waals surface area contributed by atoms with Crippen LogP contribution < -0.4 is 5.32 Å². The smallest absolute Gasteiger partial charge is 0.257 e. The number of aryl methyl sites for hydroxylation is 1. The van der Waals surface area contributed by atoms with Crippen molar-refractivity contribution in [3.8, 4) is 0 Å². The Labute approximate surface area is 188 Å². The average Bonchev–Trinajstić information content (AvgIpc) is 3.14. The van der Waals surface area contributed by atoms with Gasteiger partial charge in [-0.15, -0.1) is 0 Å². The molecule has 0 unspecified atom stereocenters. The third kappa shape index (κ3) is 3.84. The quantitative estimate of drug-likeness (QED) is 0.630. The van der Waals surface area contributed by atoms with E-state index < -0.39 is 5.54 Å². The first-order valence-electron chi connectivity index (χ1n) is 10.9. The number of hydrogen-bond donors (Lipinski definition) is 1. The third-order valence-electron chi connectivity index (χ3n) is 6.12. The molecule has 0 radical (unpaired) electrons. The molecule has 1 saturated heterocycles. The van der Waals surface area contributed by atoms with Crippen LogP contribution >= 0.6 is 0 Å². The van der Waals surface area contributed by atoms with Gasteiger partial charge in [0.1, 0.15) is 5.56 Å². The van der Waals surface area contributed by atoms with Crippen molar-refractivity contribution in [2.75, 3.05) is 13.2 Å². The van der Waals surface area contributed by atoms with Gasteiger partial charge >= 0.3 is 0 Å². The van der Waals surface area contributed by atoms with Gasteiger partial charge in [-0.1, -0.05) is 39.1 Å². The molecule has 0 spiro atoms. The van der Waals surface area contributed by atoms with Crippen molar-refractivity contribution in [2.24, 2.45) is 0 Å². The molecule has 1 aliphatic rings. The van der Waals surface area contributed by atoms with Gasteiger partial charge in [0.15, 0.2) is 5.65 Å². The fourth-order valence-electron chi connectivity index (χ4n) is 4.16. The minimum absolute atomic E-state index is 0.209. The van der Waals surface area contributed by atoms with Gasteiger partial charge < -0.3 is 10.1 Å². The summed E-state index contributed by atoms with van der Waals surface area (Å²) in [5, 5.41) is 7.82. The molecule has 1 aliphatic heterocycles. The maximum Gasteiger partial charge on any atom is 0.257 e. The topological polar surface area (TPSA) is 81.4 Å². The average molecular weight is 432 g/mol. The summed E-state index contributed by atoms with van der Waals surface area (Å²) in [6.45, 7) is 14.8. The Morgan fingerprint density at radius 3 is 2.66 bits per heavy atom. The number of nitrogens with one attached hydrogen (secondary N) is 1. The molecule has 4 heterocycles. The number of carbonyl (C=O) groups is 1. The van der Waals surface area contributed by atoms with E-state index in [4.69, 9.17) is 9.72 Å². The van der Waals surface area contributed by atoms with E-state index in [1.165, 1.54) is 0 Å². The van der Waals surface area contributed by atoms with Gasteiger partial charge in [-0.3, -0.25) is 9.78 Å². The number of carbonyl (C=O) groups excluding carboxylic acids is 1. The lowest BCUT2D eigenvalue weighted by atomic mass is 9.85. The van der Waals surface area contributed by atoms with Gasteiger partial charge in [-0.2, -0.15) is 5.10 Å². The highest BCUT2D eigenvalue weighted by Crippen LogP contribution is 2.33. The van der Waals surface area contributed by atoms with Crippen LogP contribution in [0, 0.1) is 6.92 Å². The van der Waals surface area contributed by atoms with Crippen LogP contribution in [-0.2, 0) is 10.3 Å². The normalized spacial score (nSPS) is 15.6. The molecule has 3 aromatic heterocycles. The first kappa shape index (κ1) is 21.9. The lowest BCUT2D eigenvalue weighted by Gasteiger charge is -2.37.